The van der Waals surface area contributed by atoms with Gasteiger partial charge in [0.1, 0.15) is 0 Å². The van der Waals surface area contributed by atoms with Crippen LogP contribution in [0.5, 0.6) is 0 Å². The third-order valence-electron chi connectivity index (χ3n) is 4.69. The maximum absolute atomic E-state index is 13.4. The molecule has 0 N–H and O–H groups in total. The van der Waals surface area contributed by atoms with Gasteiger partial charge in [0.05, 0.1) is 10.2 Å². The van der Waals surface area contributed by atoms with Gasteiger partial charge in [-0.15, -0.1) is 11.8 Å². The summed E-state index contributed by atoms with van der Waals surface area (Å²) in [6, 6.07) is 12.2. The number of hydrogen-bond acceptors (Lipinski definition) is 5. The van der Waals surface area contributed by atoms with Gasteiger partial charge in [0.15, 0.2) is 5.13 Å². The quantitative estimate of drug-likeness (QED) is 0.437. The van der Waals surface area contributed by atoms with Gasteiger partial charge in [0, 0.05) is 17.0 Å². The first-order valence-electron chi connectivity index (χ1n) is 9.96. The lowest BCUT2D eigenvalue weighted by Crippen LogP contribution is -2.33. The Morgan fingerprint density at radius 1 is 1.10 bits per heavy atom. The number of anilines is 1. The standard InChI is InChI=1S/C23H29N3OS2/c1-6-28-19-10-8-18(9-11-19)22(27)26(13-7-12-25(4)5)23-24-21-17(3)14-16(2)15-20(21)29-23/h8-11,14-15H,6-7,12-13H2,1-5H3. The predicted octanol–water partition coefficient (Wildman–Crippen LogP) is 5.62. The summed E-state index contributed by atoms with van der Waals surface area (Å²) in [5.41, 5.74) is 4.09. The molecule has 154 valence electrons. The second-order valence-corrected chi connectivity index (χ2v) is 9.84. The van der Waals surface area contributed by atoms with Crippen LogP contribution < -0.4 is 4.90 Å². The normalized spacial score (nSPS) is 11.4. The van der Waals surface area contributed by atoms with Crippen LogP contribution in [0.3, 0.4) is 0 Å². The van der Waals surface area contributed by atoms with Gasteiger partial charge in [-0.25, -0.2) is 4.98 Å². The van der Waals surface area contributed by atoms with E-state index in [-0.39, 0.29) is 5.91 Å². The third-order valence-corrected chi connectivity index (χ3v) is 6.61. The van der Waals surface area contributed by atoms with Gasteiger partial charge in [0.25, 0.3) is 5.91 Å². The van der Waals surface area contributed by atoms with E-state index in [1.807, 2.05) is 29.2 Å². The Morgan fingerprint density at radius 3 is 2.48 bits per heavy atom. The number of fused-ring (bicyclic) bond motifs is 1. The average molecular weight is 428 g/mol. The van der Waals surface area contributed by atoms with Crippen LogP contribution >= 0.6 is 23.1 Å². The molecule has 0 aliphatic heterocycles. The number of hydrogen-bond donors (Lipinski definition) is 0. The zero-order valence-corrected chi connectivity index (χ0v) is 19.5. The SMILES string of the molecule is CCSc1ccc(C(=O)N(CCCN(C)C)c2nc3c(C)cc(C)cc3s2)cc1. The molecule has 0 atom stereocenters. The number of benzene rings is 2. The number of nitrogens with zero attached hydrogens (tertiary/aromatic N) is 3. The topological polar surface area (TPSA) is 36.4 Å². The molecule has 3 aromatic rings. The van der Waals surface area contributed by atoms with Crippen molar-refractivity contribution in [1.82, 2.24) is 9.88 Å². The number of amides is 1. The van der Waals surface area contributed by atoms with Crippen molar-refractivity contribution < 1.29 is 4.79 Å². The Hall–Kier alpha value is -1.89. The summed E-state index contributed by atoms with van der Waals surface area (Å²) < 4.78 is 1.14. The van der Waals surface area contributed by atoms with Crippen LogP contribution in [0, 0.1) is 13.8 Å². The Morgan fingerprint density at radius 2 is 1.83 bits per heavy atom. The Bertz CT molecular complexity index is 980. The molecule has 4 nitrogen and oxygen atoms in total. The molecule has 0 spiro atoms. The van der Waals surface area contributed by atoms with Crippen molar-refractivity contribution in [2.45, 2.75) is 32.1 Å². The van der Waals surface area contributed by atoms with E-state index in [0.717, 1.165) is 39.6 Å². The van der Waals surface area contributed by atoms with Gasteiger partial charge in [-0.05, 0) is 88.1 Å². The minimum absolute atomic E-state index is 0.0187. The predicted molar refractivity (Wildman–Crippen MR) is 127 cm³/mol. The van der Waals surface area contributed by atoms with Crippen molar-refractivity contribution in [2.24, 2.45) is 0 Å². The van der Waals surface area contributed by atoms with Gasteiger partial charge in [-0.3, -0.25) is 9.69 Å². The summed E-state index contributed by atoms with van der Waals surface area (Å²) in [4.78, 5) is 23.4. The highest BCUT2D eigenvalue weighted by Gasteiger charge is 2.21. The smallest absolute Gasteiger partial charge is 0.260 e. The van der Waals surface area contributed by atoms with Crippen LogP contribution in [0.4, 0.5) is 5.13 Å². The number of thioether (sulfide) groups is 1. The van der Waals surface area contributed by atoms with Crippen LogP contribution in [-0.2, 0) is 0 Å². The van der Waals surface area contributed by atoms with E-state index in [1.54, 1.807) is 23.1 Å². The second kappa shape index (κ2) is 9.74. The molecule has 0 bridgehead atoms. The first-order chi connectivity index (χ1) is 13.9. The van der Waals surface area contributed by atoms with Crippen LogP contribution in [0.2, 0.25) is 0 Å². The first-order valence-corrected chi connectivity index (χ1v) is 11.8. The van der Waals surface area contributed by atoms with E-state index in [2.05, 4.69) is 51.9 Å². The summed E-state index contributed by atoms with van der Waals surface area (Å²) in [5.74, 6) is 1.04. The highest BCUT2D eigenvalue weighted by atomic mass is 32.2. The van der Waals surface area contributed by atoms with Gasteiger partial charge >= 0.3 is 0 Å². The highest BCUT2D eigenvalue weighted by Crippen LogP contribution is 2.32. The Balaban J connectivity index is 1.93. The molecule has 0 aliphatic rings. The molecular weight excluding hydrogens is 398 g/mol. The lowest BCUT2D eigenvalue weighted by atomic mass is 10.1. The number of aryl methyl sites for hydroxylation is 2. The molecule has 0 fully saturated rings. The van der Waals surface area contributed by atoms with Crippen molar-refractivity contribution >= 4 is 44.4 Å². The van der Waals surface area contributed by atoms with E-state index >= 15 is 0 Å². The van der Waals surface area contributed by atoms with Crippen molar-refractivity contribution in [1.29, 1.82) is 0 Å². The van der Waals surface area contributed by atoms with Gasteiger partial charge in [-0.2, -0.15) is 0 Å². The van der Waals surface area contributed by atoms with Gasteiger partial charge < -0.3 is 4.90 Å². The van der Waals surface area contributed by atoms with Crippen molar-refractivity contribution in [2.75, 3.05) is 37.8 Å². The molecule has 1 heterocycles. The molecule has 1 amide bonds. The number of rotatable bonds is 8. The fourth-order valence-electron chi connectivity index (χ4n) is 3.32. The maximum Gasteiger partial charge on any atom is 0.260 e. The fourth-order valence-corrected chi connectivity index (χ4v) is 5.15. The third kappa shape index (κ3) is 5.38. The largest absolute Gasteiger partial charge is 0.309 e. The number of carbonyl (C=O) groups is 1. The zero-order chi connectivity index (χ0) is 21.0. The summed E-state index contributed by atoms with van der Waals surface area (Å²) in [6.07, 6.45) is 0.899. The van der Waals surface area contributed by atoms with Crippen LogP contribution in [0.15, 0.2) is 41.3 Å². The second-order valence-electron chi connectivity index (χ2n) is 7.50. The zero-order valence-electron chi connectivity index (χ0n) is 17.9. The van der Waals surface area contributed by atoms with E-state index in [0.29, 0.717) is 12.1 Å². The summed E-state index contributed by atoms with van der Waals surface area (Å²) in [7, 11) is 4.11. The fraction of sp³-hybridized carbons (Fsp3) is 0.391. The van der Waals surface area contributed by atoms with Crippen molar-refractivity contribution in [3.05, 3.63) is 53.1 Å². The Kier molecular flexibility index (Phi) is 7.33. The molecule has 0 aliphatic carbocycles. The van der Waals surface area contributed by atoms with E-state index in [4.69, 9.17) is 4.98 Å². The molecule has 2 aromatic carbocycles. The van der Waals surface area contributed by atoms with Crippen LogP contribution in [0.1, 0.15) is 34.8 Å². The Labute approximate surface area is 181 Å². The molecule has 6 heteroatoms. The molecule has 0 radical (unpaired) electrons. The lowest BCUT2D eigenvalue weighted by molar-refractivity contribution is 0.0986. The summed E-state index contributed by atoms with van der Waals surface area (Å²) in [6.45, 7) is 7.90. The van der Waals surface area contributed by atoms with Crippen molar-refractivity contribution in [3.8, 4) is 0 Å². The molecule has 0 saturated carbocycles. The molecule has 0 saturated heterocycles. The minimum atomic E-state index is 0.0187. The molecule has 0 unspecified atom stereocenters. The average Bonchev–Trinajstić information content (AvgIpc) is 3.09. The molecular formula is C23H29N3OS2. The summed E-state index contributed by atoms with van der Waals surface area (Å²) in [5, 5.41) is 0.782. The molecule has 1 aromatic heterocycles. The van der Waals surface area contributed by atoms with Gasteiger partial charge in [-0.1, -0.05) is 24.3 Å². The number of thiazole rings is 1. The monoisotopic (exact) mass is 427 g/mol. The van der Waals surface area contributed by atoms with Crippen molar-refractivity contribution in [3.63, 3.8) is 0 Å². The van der Waals surface area contributed by atoms with Crippen LogP contribution in [0.25, 0.3) is 10.2 Å². The molecule has 3 rings (SSSR count). The van der Waals surface area contributed by atoms with E-state index in [9.17, 15) is 4.79 Å². The van der Waals surface area contributed by atoms with E-state index < -0.39 is 0 Å². The molecule has 29 heavy (non-hydrogen) atoms. The number of aromatic nitrogens is 1. The van der Waals surface area contributed by atoms with E-state index in [1.165, 1.54) is 10.5 Å². The number of carbonyl (C=O) groups excluding carboxylic acids is 1. The lowest BCUT2D eigenvalue weighted by Gasteiger charge is -2.21. The first kappa shape index (κ1) is 21.8. The summed E-state index contributed by atoms with van der Waals surface area (Å²) >= 11 is 3.39. The maximum atomic E-state index is 13.4. The van der Waals surface area contributed by atoms with Gasteiger partial charge in [0.2, 0.25) is 0 Å². The highest BCUT2D eigenvalue weighted by molar-refractivity contribution is 7.99. The minimum Gasteiger partial charge on any atom is -0.309 e. The van der Waals surface area contributed by atoms with Crippen LogP contribution in [-0.4, -0.2) is 48.7 Å².